The second-order valence-corrected chi connectivity index (χ2v) is 2.91. The van der Waals surface area contributed by atoms with Crippen LogP contribution in [0.5, 0.6) is 0 Å². The van der Waals surface area contributed by atoms with Crippen molar-refractivity contribution < 1.29 is 19.8 Å². The van der Waals surface area contributed by atoms with Crippen molar-refractivity contribution in [3.8, 4) is 0 Å². The zero-order valence-corrected chi connectivity index (χ0v) is 8.15. The highest BCUT2D eigenvalue weighted by molar-refractivity contribution is 5.86. The molecule has 1 rings (SSSR count). The highest BCUT2D eigenvalue weighted by Gasteiger charge is 2.22. The van der Waals surface area contributed by atoms with Gasteiger partial charge in [0.25, 0.3) is 0 Å². The van der Waals surface area contributed by atoms with Crippen molar-refractivity contribution in [1.29, 1.82) is 0 Å². The third-order valence-corrected chi connectivity index (χ3v) is 1.77. The van der Waals surface area contributed by atoms with Gasteiger partial charge in [0, 0.05) is 6.20 Å². The minimum atomic E-state index is -1.32. The molecule has 0 aliphatic heterocycles. The van der Waals surface area contributed by atoms with Crippen molar-refractivity contribution in [3.05, 3.63) is 18.6 Å². The number of hydrogen-bond acceptors (Lipinski definition) is 5. The largest absolute Gasteiger partial charge is 0.480 e. The number of anilines is 1. The van der Waals surface area contributed by atoms with Gasteiger partial charge in [0.2, 0.25) is 0 Å². The Morgan fingerprint density at radius 1 is 1.50 bits per heavy atom. The summed E-state index contributed by atoms with van der Waals surface area (Å²) >= 11 is 0. The van der Waals surface area contributed by atoms with Gasteiger partial charge < -0.3 is 15.9 Å². The highest BCUT2D eigenvalue weighted by atomic mass is 16.4. The predicted molar refractivity (Wildman–Crippen MR) is 53.0 cm³/mol. The van der Waals surface area contributed by atoms with Gasteiger partial charge in [-0.25, -0.2) is 14.8 Å². The van der Waals surface area contributed by atoms with E-state index < -0.39 is 18.1 Å². The zero-order valence-electron chi connectivity index (χ0n) is 8.15. The summed E-state index contributed by atoms with van der Waals surface area (Å²) in [6.45, 7) is -0.373. The van der Waals surface area contributed by atoms with Crippen LogP contribution >= 0.6 is 0 Å². The van der Waals surface area contributed by atoms with Crippen LogP contribution < -0.4 is 10.6 Å². The molecule has 8 nitrogen and oxygen atoms in total. The Labute approximate surface area is 90.3 Å². The van der Waals surface area contributed by atoms with Gasteiger partial charge in [0.05, 0.1) is 6.54 Å². The number of amides is 1. The summed E-state index contributed by atoms with van der Waals surface area (Å²) in [5.41, 5.74) is 5.24. The normalized spacial score (nSPS) is 11.8. The first-order valence-corrected chi connectivity index (χ1v) is 4.27. The molecular formula is C8H10N4O4. The topological polar surface area (TPSA) is 130 Å². The Morgan fingerprint density at radius 2 is 2.19 bits per heavy atom. The summed E-state index contributed by atoms with van der Waals surface area (Å²) < 4.78 is 0. The summed E-state index contributed by atoms with van der Waals surface area (Å²) in [6.07, 6.45) is 1.19. The standard InChI is InChI=1S/C8H10N4O4/c9-5(7(13)14)3-12(8(15)16)6-1-2-10-4-11-6/h1-2,4-5H,3,9H2,(H,13,14)(H,15,16). The van der Waals surface area contributed by atoms with Crippen LogP contribution in [0.1, 0.15) is 0 Å². The first-order valence-electron chi connectivity index (χ1n) is 4.27. The van der Waals surface area contributed by atoms with E-state index in [0.29, 0.717) is 0 Å². The first kappa shape index (κ1) is 11.9. The third kappa shape index (κ3) is 2.89. The Balaban J connectivity index is 2.85. The molecule has 0 saturated heterocycles. The molecule has 4 N–H and O–H groups in total. The molecule has 86 valence electrons. The number of carbonyl (C=O) groups is 2. The van der Waals surface area contributed by atoms with Crippen molar-refractivity contribution in [2.24, 2.45) is 5.73 Å². The molecule has 1 unspecified atom stereocenters. The van der Waals surface area contributed by atoms with E-state index in [1.54, 1.807) is 0 Å². The fourth-order valence-corrected chi connectivity index (χ4v) is 0.988. The van der Waals surface area contributed by atoms with Crippen molar-refractivity contribution >= 4 is 17.9 Å². The molecule has 0 saturated carbocycles. The van der Waals surface area contributed by atoms with Crippen LogP contribution in [0.4, 0.5) is 10.6 Å². The fourth-order valence-electron chi connectivity index (χ4n) is 0.988. The lowest BCUT2D eigenvalue weighted by Crippen LogP contribution is -2.45. The number of rotatable bonds is 4. The van der Waals surface area contributed by atoms with E-state index in [4.69, 9.17) is 15.9 Å². The van der Waals surface area contributed by atoms with Gasteiger partial charge in [0.1, 0.15) is 18.2 Å². The van der Waals surface area contributed by atoms with Crippen LogP contribution in [0, 0.1) is 0 Å². The van der Waals surface area contributed by atoms with Gasteiger partial charge in [0.15, 0.2) is 0 Å². The van der Waals surface area contributed by atoms with Gasteiger partial charge in [-0.2, -0.15) is 0 Å². The van der Waals surface area contributed by atoms with Crippen LogP contribution in [0.25, 0.3) is 0 Å². The molecule has 0 radical (unpaired) electrons. The number of hydrogen-bond donors (Lipinski definition) is 3. The summed E-state index contributed by atoms with van der Waals surface area (Å²) in [5, 5.41) is 17.5. The summed E-state index contributed by atoms with van der Waals surface area (Å²) in [4.78, 5) is 29.5. The molecule has 1 aromatic rings. The fraction of sp³-hybridized carbons (Fsp3) is 0.250. The first-order chi connectivity index (χ1) is 7.52. The zero-order chi connectivity index (χ0) is 12.1. The van der Waals surface area contributed by atoms with E-state index >= 15 is 0 Å². The highest BCUT2D eigenvalue weighted by Crippen LogP contribution is 2.08. The lowest BCUT2D eigenvalue weighted by Gasteiger charge is -2.19. The molecule has 0 fully saturated rings. The number of aliphatic carboxylic acids is 1. The minimum Gasteiger partial charge on any atom is -0.480 e. The van der Waals surface area contributed by atoms with Gasteiger partial charge in [-0.05, 0) is 6.07 Å². The average Bonchev–Trinajstić information content (AvgIpc) is 2.26. The van der Waals surface area contributed by atoms with E-state index in [2.05, 4.69) is 9.97 Å². The summed E-state index contributed by atoms with van der Waals surface area (Å²) in [7, 11) is 0. The minimum absolute atomic E-state index is 0.0826. The van der Waals surface area contributed by atoms with Crippen LogP contribution in [0.2, 0.25) is 0 Å². The maximum Gasteiger partial charge on any atom is 0.413 e. The maximum atomic E-state index is 10.9. The third-order valence-electron chi connectivity index (χ3n) is 1.77. The number of aromatic nitrogens is 2. The molecule has 8 heteroatoms. The molecule has 1 aromatic heterocycles. The van der Waals surface area contributed by atoms with Crippen LogP contribution in [-0.4, -0.2) is 44.8 Å². The second kappa shape index (κ2) is 5.03. The molecule has 0 bridgehead atoms. The van der Waals surface area contributed by atoms with Gasteiger partial charge >= 0.3 is 12.1 Å². The maximum absolute atomic E-state index is 10.9. The van der Waals surface area contributed by atoms with Crippen LogP contribution in [0.15, 0.2) is 18.6 Å². The van der Waals surface area contributed by atoms with Gasteiger partial charge in [-0.15, -0.1) is 0 Å². The molecule has 0 aliphatic carbocycles. The average molecular weight is 226 g/mol. The van der Waals surface area contributed by atoms with E-state index in [1.165, 1.54) is 12.3 Å². The van der Waals surface area contributed by atoms with Crippen LogP contribution in [0.3, 0.4) is 0 Å². The SMILES string of the molecule is NC(CN(C(=O)O)c1ccncn1)C(=O)O. The number of nitrogens with zero attached hydrogens (tertiary/aromatic N) is 3. The summed E-state index contributed by atoms with van der Waals surface area (Å²) in [6, 6.07) is 0.0500. The molecule has 1 heterocycles. The lowest BCUT2D eigenvalue weighted by molar-refractivity contribution is -0.138. The van der Waals surface area contributed by atoms with E-state index in [1.807, 2.05) is 0 Å². The van der Waals surface area contributed by atoms with Gasteiger partial charge in [-0.1, -0.05) is 0 Å². The van der Waals surface area contributed by atoms with E-state index in [9.17, 15) is 9.59 Å². The second-order valence-electron chi connectivity index (χ2n) is 2.91. The van der Waals surface area contributed by atoms with Gasteiger partial charge in [-0.3, -0.25) is 9.69 Å². The van der Waals surface area contributed by atoms with Crippen molar-refractivity contribution in [1.82, 2.24) is 9.97 Å². The molecular weight excluding hydrogens is 216 g/mol. The summed E-state index contributed by atoms with van der Waals surface area (Å²) in [5.74, 6) is -1.19. The predicted octanol–water partition coefficient (Wildman–Crippen LogP) is -0.627. The Kier molecular flexibility index (Phi) is 3.72. The monoisotopic (exact) mass is 226 g/mol. The molecule has 1 atom stereocenters. The Bertz CT molecular complexity index is 383. The van der Waals surface area contributed by atoms with Crippen molar-refractivity contribution in [3.63, 3.8) is 0 Å². The molecule has 16 heavy (non-hydrogen) atoms. The van der Waals surface area contributed by atoms with Crippen molar-refractivity contribution in [2.75, 3.05) is 11.4 Å². The van der Waals surface area contributed by atoms with Crippen LogP contribution in [-0.2, 0) is 4.79 Å². The Hall–Kier alpha value is -2.22. The molecule has 0 aliphatic rings. The van der Waals surface area contributed by atoms with Crippen molar-refractivity contribution in [2.45, 2.75) is 6.04 Å². The molecule has 0 spiro atoms. The number of carboxylic acid groups (broad SMARTS) is 2. The molecule has 1 amide bonds. The van der Waals surface area contributed by atoms with E-state index in [0.717, 1.165) is 11.2 Å². The molecule has 0 aromatic carbocycles. The quantitative estimate of drug-likeness (QED) is 0.623. The lowest BCUT2D eigenvalue weighted by atomic mass is 10.3. The Morgan fingerprint density at radius 3 is 2.62 bits per heavy atom. The number of carboxylic acids is 1. The number of nitrogens with two attached hydrogens (primary N) is 1. The smallest absolute Gasteiger partial charge is 0.413 e. The van der Waals surface area contributed by atoms with E-state index in [-0.39, 0.29) is 12.4 Å².